The highest BCUT2D eigenvalue weighted by Gasteiger charge is 2.32. The molecule has 1 aliphatic rings. The summed E-state index contributed by atoms with van der Waals surface area (Å²) in [4.78, 5) is 19.6. The number of nitrogens with one attached hydrogen (secondary N) is 1. The van der Waals surface area contributed by atoms with Crippen molar-refractivity contribution in [3.05, 3.63) is 54.2 Å². The molecule has 4 rings (SSSR count). The van der Waals surface area contributed by atoms with Crippen molar-refractivity contribution in [3.63, 3.8) is 0 Å². The number of carboxylic acids is 1. The predicted molar refractivity (Wildman–Crippen MR) is 117 cm³/mol. The molecule has 3 aromatic rings. The van der Waals surface area contributed by atoms with Gasteiger partial charge < -0.3 is 24.5 Å². The fraction of sp³-hybridized carbons (Fsp3) is 0.304. The molecule has 8 nitrogen and oxygen atoms in total. The number of nitrogens with zero attached hydrogens (tertiary/aromatic N) is 3. The van der Waals surface area contributed by atoms with E-state index in [4.69, 9.17) is 14.7 Å². The Bertz CT molecular complexity index is 1110. The minimum Gasteiger partial charge on any atom is -0.495 e. The van der Waals surface area contributed by atoms with Crippen LogP contribution in [0.2, 0.25) is 0 Å². The summed E-state index contributed by atoms with van der Waals surface area (Å²) >= 11 is 0. The van der Waals surface area contributed by atoms with Gasteiger partial charge in [0.1, 0.15) is 23.6 Å². The molecule has 0 aliphatic carbocycles. The van der Waals surface area contributed by atoms with E-state index in [0.29, 0.717) is 37.5 Å². The third-order valence-corrected chi connectivity index (χ3v) is 5.62. The number of nitriles is 1. The molecule has 0 radical (unpaired) electrons. The van der Waals surface area contributed by atoms with Gasteiger partial charge >= 0.3 is 5.97 Å². The maximum Gasteiger partial charge on any atom is 0.325 e. The summed E-state index contributed by atoms with van der Waals surface area (Å²) in [5.74, 6) is 0.460. The minimum absolute atomic E-state index is 0.0570. The van der Waals surface area contributed by atoms with E-state index in [0.717, 1.165) is 22.3 Å². The van der Waals surface area contributed by atoms with Crippen LogP contribution in [0.25, 0.3) is 10.9 Å². The second-order valence-corrected chi connectivity index (χ2v) is 7.33. The lowest BCUT2D eigenvalue weighted by Crippen LogP contribution is -2.49. The van der Waals surface area contributed by atoms with Gasteiger partial charge in [0.25, 0.3) is 0 Å². The van der Waals surface area contributed by atoms with Gasteiger partial charge in [0.15, 0.2) is 6.61 Å². The number of H-pyrrole nitrogens is 1. The van der Waals surface area contributed by atoms with Gasteiger partial charge in [-0.05, 0) is 30.3 Å². The summed E-state index contributed by atoms with van der Waals surface area (Å²) in [6.07, 6.45) is 1.75. The smallest absolute Gasteiger partial charge is 0.325 e. The van der Waals surface area contributed by atoms with Gasteiger partial charge in [-0.2, -0.15) is 5.26 Å². The van der Waals surface area contributed by atoms with Gasteiger partial charge in [0.2, 0.25) is 0 Å². The third-order valence-electron chi connectivity index (χ3n) is 5.62. The number of aromatic nitrogens is 1. The maximum atomic E-state index is 12.3. The normalized spacial score (nSPS) is 15.4. The van der Waals surface area contributed by atoms with Crippen molar-refractivity contribution in [3.8, 4) is 17.6 Å². The van der Waals surface area contributed by atoms with Crippen molar-refractivity contribution in [2.45, 2.75) is 6.04 Å². The Morgan fingerprint density at radius 1 is 1.23 bits per heavy atom. The van der Waals surface area contributed by atoms with Crippen LogP contribution in [0, 0.1) is 11.3 Å². The van der Waals surface area contributed by atoms with Crippen molar-refractivity contribution >= 4 is 22.6 Å². The first kappa shape index (κ1) is 20.6. The quantitative estimate of drug-likeness (QED) is 0.606. The molecule has 2 N–H and O–H groups in total. The fourth-order valence-electron chi connectivity index (χ4n) is 4.15. The van der Waals surface area contributed by atoms with Gasteiger partial charge in [-0.3, -0.25) is 9.69 Å². The van der Waals surface area contributed by atoms with Crippen molar-refractivity contribution in [1.82, 2.24) is 9.88 Å². The van der Waals surface area contributed by atoms with Crippen LogP contribution in [0.4, 0.5) is 5.69 Å². The molecule has 0 amide bonds. The highest BCUT2D eigenvalue weighted by atomic mass is 16.5. The zero-order valence-electron chi connectivity index (χ0n) is 17.2. The first-order valence-corrected chi connectivity index (χ1v) is 10.1. The molecule has 0 spiro atoms. The molecule has 8 heteroatoms. The Morgan fingerprint density at radius 2 is 2.00 bits per heavy atom. The number of hydrogen-bond donors (Lipinski definition) is 2. The Kier molecular flexibility index (Phi) is 5.96. The molecule has 0 saturated carbocycles. The number of carbonyl (C=O) groups is 1. The fourth-order valence-corrected chi connectivity index (χ4v) is 4.15. The summed E-state index contributed by atoms with van der Waals surface area (Å²) < 4.78 is 10.9. The van der Waals surface area contributed by atoms with E-state index in [2.05, 4.69) is 9.88 Å². The van der Waals surface area contributed by atoms with Gasteiger partial charge in [-0.15, -0.1) is 0 Å². The number of rotatable bonds is 7. The third kappa shape index (κ3) is 4.13. The largest absolute Gasteiger partial charge is 0.495 e. The summed E-state index contributed by atoms with van der Waals surface area (Å²) in [6.45, 7) is 2.54. The molecule has 2 heterocycles. The Balaban J connectivity index is 1.57. The van der Waals surface area contributed by atoms with E-state index in [9.17, 15) is 9.90 Å². The standard InChI is InChI=1S/C23H24N4O4/c1-30-21-5-3-2-4-20(21)26-9-11-27(12-10-26)22(23(28)29)18-15-25-19-7-6-16(14-17(18)19)31-13-8-24/h2-7,14-15,22,25H,9-13H2,1H3,(H,28,29)/t22-/m0/s1. The lowest BCUT2D eigenvalue weighted by atomic mass is 10.0. The molecule has 1 fully saturated rings. The van der Waals surface area contributed by atoms with E-state index in [1.54, 1.807) is 25.4 Å². The number of hydrogen-bond acceptors (Lipinski definition) is 6. The second-order valence-electron chi connectivity index (χ2n) is 7.33. The van der Waals surface area contributed by atoms with E-state index in [1.165, 1.54) is 0 Å². The Hall–Kier alpha value is -3.70. The van der Waals surface area contributed by atoms with Crippen molar-refractivity contribution in [2.24, 2.45) is 0 Å². The summed E-state index contributed by atoms with van der Waals surface area (Å²) in [5, 5.41) is 19.6. The molecule has 0 unspecified atom stereocenters. The Labute approximate surface area is 180 Å². The number of carboxylic acid groups (broad SMARTS) is 1. The van der Waals surface area contributed by atoms with Crippen LogP contribution >= 0.6 is 0 Å². The number of fused-ring (bicyclic) bond motifs is 1. The minimum atomic E-state index is -0.894. The topological polar surface area (TPSA) is 102 Å². The van der Waals surface area contributed by atoms with Crippen LogP contribution in [0.5, 0.6) is 11.5 Å². The molecule has 1 atom stereocenters. The number of aliphatic carboxylic acids is 1. The first-order valence-electron chi connectivity index (χ1n) is 10.1. The number of anilines is 1. The van der Waals surface area contributed by atoms with Crippen LogP contribution in [0.3, 0.4) is 0 Å². The molecule has 1 saturated heterocycles. The number of benzene rings is 2. The van der Waals surface area contributed by atoms with Gasteiger partial charge in [0, 0.05) is 48.8 Å². The molecule has 31 heavy (non-hydrogen) atoms. The molecule has 1 aromatic heterocycles. The highest BCUT2D eigenvalue weighted by Crippen LogP contribution is 2.33. The van der Waals surface area contributed by atoms with E-state index in [1.807, 2.05) is 41.3 Å². The number of piperazine rings is 1. The molecule has 160 valence electrons. The second kappa shape index (κ2) is 8.98. The van der Waals surface area contributed by atoms with E-state index >= 15 is 0 Å². The van der Waals surface area contributed by atoms with Crippen LogP contribution in [0.15, 0.2) is 48.7 Å². The monoisotopic (exact) mass is 420 g/mol. The first-order chi connectivity index (χ1) is 15.1. The summed E-state index contributed by atoms with van der Waals surface area (Å²) in [7, 11) is 1.65. The average molecular weight is 420 g/mol. The molecule has 0 bridgehead atoms. The van der Waals surface area contributed by atoms with Crippen LogP contribution in [-0.4, -0.2) is 60.9 Å². The lowest BCUT2D eigenvalue weighted by Gasteiger charge is -2.39. The van der Waals surface area contributed by atoms with Gasteiger partial charge in [-0.1, -0.05) is 12.1 Å². The summed E-state index contributed by atoms with van der Waals surface area (Å²) in [5.41, 5.74) is 2.54. The molecular weight excluding hydrogens is 396 g/mol. The zero-order chi connectivity index (χ0) is 21.8. The van der Waals surface area contributed by atoms with E-state index < -0.39 is 12.0 Å². The molecular formula is C23H24N4O4. The highest BCUT2D eigenvalue weighted by molar-refractivity contribution is 5.90. The van der Waals surface area contributed by atoms with Gasteiger partial charge in [-0.25, -0.2) is 0 Å². The zero-order valence-corrected chi connectivity index (χ0v) is 17.2. The lowest BCUT2D eigenvalue weighted by molar-refractivity contribution is -0.143. The number of methoxy groups -OCH3 is 1. The van der Waals surface area contributed by atoms with Crippen LogP contribution < -0.4 is 14.4 Å². The van der Waals surface area contributed by atoms with Crippen molar-refractivity contribution in [2.75, 3.05) is 44.8 Å². The Morgan fingerprint density at radius 3 is 2.71 bits per heavy atom. The number of para-hydroxylation sites is 2. The number of ether oxygens (including phenoxy) is 2. The van der Waals surface area contributed by atoms with Crippen molar-refractivity contribution < 1.29 is 19.4 Å². The van der Waals surface area contributed by atoms with Crippen LogP contribution in [-0.2, 0) is 4.79 Å². The number of aromatic amines is 1. The van der Waals surface area contributed by atoms with E-state index in [-0.39, 0.29) is 6.61 Å². The van der Waals surface area contributed by atoms with Crippen LogP contribution in [0.1, 0.15) is 11.6 Å². The predicted octanol–water partition coefficient (Wildman–Crippen LogP) is 3.03. The molecule has 2 aromatic carbocycles. The maximum absolute atomic E-state index is 12.3. The van der Waals surface area contributed by atoms with Crippen molar-refractivity contribution in [1.29, 1.82) is 5.26 Å². The van der Waals surface area contributed by atoms with Gasteiger partial charge in [0.05, 0.1) is 12.8 Å². The summed E-state index contributed by atoms with van der Waals surface area (Å²) in [6, 6.07) is 14.4. The molecule has 1 aliphatic heterocycles. The average Bonchev–Trinajstić information content (AvgIpc) is 3.21. The SMILES string of the molecule is COc1ccccc1N1CCN([C@H](C(=O)O)c2c[nH]c3ccc(OCC#N)cc23)CC1.